The van der Waals surface area contributed by atoms with Crippen molar-refractivity contribution >= 4 is 58.1 Å². The summed E-state index contributed by atoms with van der Waals surface area (Å²) in [6, 6.07) is 40.2. The molecule has 446 valence electrons. The highest BCUT2D eigenvalue weighted by molar-refractivity contribution is 7.10. The number of carbonyl (C=O) groups excluding carboxylic acids is 6. The summed E-state index contributed by atoms with van der Waals surface area (Å²) in [5.74, 6) is -1.58. The fraction of sp³-hybridized carbons (Fsp3) is 0.382. The van der Waals surface area contributed by atoms with Crippen molar-refractivity contribution in [3.05, 3.63) is 165 Å². The zero-order chi connectivity index (χ0) is 59.5. The molecule has 0 radical (unpaired) electrons. The predicted octanol–water partition coefficient (Wildman–Crippen LogP) is 9.98. The van der Waals surface area contributed by atoms with Gasteiger partial charge in [-0.15, -0.1) is 22.7 Å². The number of likely N-dealkylation sites (N-methyl/N-ethyl adjacent to an activating group) is 2. The number of benzene rings is 5. The number of hydrogen-bond donors (Lipinski definition) is 6. The summed E-state index contributed by atoms with van der Waals surface area (Å²) in [5.41, 5.74) is 8.61. The van der Waals surface area contributed by atoms with Crippen LogP contribution < -0.4 is 31.9 Å². The molecule has 16 nitrogen and oxygen atoms in total. The minimum Gasteiger partial charge on any atom is -0.347 e. The second-order valence-corrected chi connectivity index (χ2v) is 25.2. The Morgan fingerprint density at radius 1 is 0.465 bits per heavy atom. The molecule has 4 fully saturated rings. The Hall–Kier alpha value is -7.90. The molecule has 18 heteroatoms. The van der Waals surface area contributed by atoms with E-state index in [0.717, 1.165) is 119 Å². The molecule has 4 heterocycles. The van der Waals surface area contributed by atoms with E-state index in [0.29, 0.717) is 24.0 Å². The van der Waals surface area contributed by atoms with Gasteiger partial charge in [0.2, 0.25) is 23.6 Å². The molecular weight excluding hydrogens is 1120 g/mol. The van der Waals surface area contributed by atoms with Gasteiger partial charge in [0, 0.05) is 58.2 Å². The molecule has 6 N–H and O–H groups in total. The third-order valence-electron chi connectivity index (χ3n) is 17.5. The largest absolute Gasteiger partial charge is 0.347 e. The molecule has 0 spiro atoms. The Morgan fingerprint density at radius 2 is 0.814 bits per heavy atom. The minimum absolute atomic E-state index is 0.0177. The van der Waals surface area contributed by atoms with Crippen molar-refractivity contribution in [1.29, 1.82) is 0 Å². The first-order chi connectivity index (χ1) is 42.0. The van der Waals surface area contributed by atoms with Crippen LogP contribution in [0.25, 0.3) is 44.8 Å². The molecule has 5 aromatic carbocycles. The van der Waals surface area contributed by atoms with Gasteiger partial charge in [0.25, 0.3) is 11.8 Å². The highest BCUT2D eigenvalue weighted by Crippen LogP contribution is 2.41. The lowest BCUT2D eigenvalue weighted by molar-refractivity contribution is -0.139. The van der Waals surface area contributed by atoms with Gasteiger partial charge in [-0.2, -0.15) is 0 Å². The Balaban J connectivity index is 0.794. The van der Waals surface area contributed by atoms with Crippen molar-refractivity contribution in [3.63, 3.8) is 0 Å². The molecule has 11 rings (SSSR count). The monoisotopic (exact) mass is 1190 g/mol. The molecule has 6 amide bonds. The quantitative estimate of drug-likeness (QED) is 0.0426. The number of carbonyl (C=O) groups is 6. The molecule has 2 saturated heterocycles. The summed E-state index contributed by atoms with van der Waals surface area (Å²) < 4.78 is 0. The average Bonchev–Trinajstić information content (AvgIpc) is 2.65. The van der Waals surface area contributed by atoms with E-state index in [-0.39, 0.29) is 73.5 Å². The molecule has 4 aliphatic rings. The van der Waals surface area contributed by atoms with Crippen LogP contribution in [-0.4, -0.2) is 120 Å². The van der Waals surface area contributed by atoms with E-state index in [1.807, 2.05) is 57.0 Å². The van der Waals surface area contributed by atoms with E-state index in [4.69, 9.17) is 9.97 Å². The van der Waals surface area contributed by atoms with Crippen LogP contribution in [0.2, 0.25) is 0 Å². The van der Waals surface area contributed by atoms with Crippen LogP contribution in [0.15, 0.2) is 144 Å². The molecule has 2 saturated carbocycles. The second kappa shape index (κ2) is 28.1. The average molecular weight is 1190 g/mol. The highest BCUT2D eigenvalue weighted by Gasteiger charge is 2.45. The van der Waals surface area contributed by atoms with Gasteiger partial charge in [-0.05, 0) is 111 Å². The summed E-state index contributed by atoms with van der Waals surface area (Å²) in [5, 5.41) is 24.0. The number of rotatable bonds is 20. The van der Waals surface area contributed by atoms with Crippen LogP contribution in [0.3, 0.4) is 0 Å². The van der Waals surface area contributed by atoms with Crippen LogP contribution in [0, 0.1) is 11.8 Å². The highest BCUT2D eigenvalue weighted by atomic mass is 32.1. The molecule has 6 unspecified atom stereocenters. The SMILES string of the molecule is CNCC(=O)NC(C(=O)N1CC(NC(=O)c2ccc(C(=O)NC3CC(c4nc(-c5ccc(-c6ccccc6)cc5)cs4)N(C(=O)C(NC(=O)CNC)C4CCCCC4)C3)cc2)CC1c1nc(-c2ccc(-c3ccccc3)cc2)cs1)C1CCCCC1. The predicted molar refractivity (Wildman–Crippen MR) is 338 cm³/mol. The van der Waals surface area contributed by atoms with Gasteiger partial charge in [0.05, 0.1) is 36.6 Å². The van der Waals surface area contributed by atoms with Crippen LogP contribution in [0.1, 0.15) is 120 Å². The first kappa shape index (κ1) is 59.8. The number of aromatic nitrogens is 2. The Bertz CT molecular complexity index is 3230. The fourth-order valence-corrected chi connectivity index (χ4v) is 15.0. The van der Waals surface area contributed by atoms with Gasteiger partial charge in [0.1, 0.15) is 22.1 Å². The van der Waals surface area contributed by atoms with E-state index in [1.165, 1.54) is 22.7 Å². The lowest BCUT2D eigenvalue weighted by Gasteiger charge is -2.34. The number of amides is 6. The van der Waals surface area contributed by atoms with Crippen LogP contribution in [0.5, 0.6) is 0 Å². The van der Waals surface area contributed by atoms with E-state index in [9.17, 15) is 19.2 Å². The van der Waals surface area contributed by atoms with Crippen LogP contribution >= 0.6 is 22.7 Å². The topological polar surface area (TPSA) is 207 Å². The van der Waals surface area contributed by atoms with Gasteiger partial charge >= 0.3 is 0 Å². The van der Waals surface area contributed by atoms with Gasteiger partial charge in [-0.1, -0.05) is 148 Å². The lowest BCUT2D eigenvalue weighted by Crippen LogP contribution is -2.54. The maximum Gasteiger partial charge on any atom is 0.251 e. The molecule has 2 aliphatic heterocycles. The van der Waals surface area contributed by atoms with Gasteiger partial charge in [0.15, 0.2) is 0 Å². The van der Waals surface area contributed by atoms with Gasteiger partial charge < -0.3 is 41.7 Å². The van der Waals surface area contributed by atoms with E-state index >= 15 is 9.59 Å². The molecule has 6 atom stereocenters. The zero-order valence-electron chi connectivity index (χ0n) is 48.8. The Morgan fingerprint density at radius 3 is 1.17 bits per heavy atom. The van der Waals surface area contributed by atoms with E-state index in [2.05, 4.69) is 105 Å². The van der Waals surface area contributed by atoms with Crippen molar-refractivity contribution in [2.75, 3.05) is 40.3 Å². The summed E-state index contributed by atoms with van der Waals surface area (Å²) in [6.45, 7) is 0.605. The summed E-state index contributed by atoms with van der Waals surface area (Å²) in [4.78, 5) is 98.8. The fourth-order valence-electron chi connectivity index (χ4n) is 13.0. The van der Waals surface area contributed by atoms with Crippen LogP contribution in [-0.2, 0) is 19.2 Å². The summed E-state index contributed by atoms with van der Waals surface area (Å²) in [6.07, 6.45) is 10.3. The first-order valence-electron chi connectivity index (χ1n) is 30.4. The standard InChI is InChI=1S/C68H76N10O6S2/c1-69-37-59(79)75-61(49-19-11-5-12-20-49)67(83)77-39-53(35-57(77)65-73-55(41-85-65)47-27-23-45(24-28-47)43-15-7-3-8-16-43)71-63(81)51-31-33-52(34-32-51)64(82)72-54-36-58(78(40-54)68(84)62(76-60(80)38-70-2)50-21-13-6-14-22-50)66-74-56(42-86-66)48-29-25-46(26-30-48)44-17-9-4-10-18-44/h3-4,7-10,15-18,23-34,41-42,49-50,53-54,57-58,61-62,69-70H,5-6,11-14,19-22,35-40H2,1-2H3,(H,71,81)(H,72,82)(H,75,79)(H,76,80). The van der Waals surface area contributed by atoms with Crippen molar-refractivity contribution in [3.8, 4) is 44.8 Å². The minimum atomic E-state index is -0.723. The number of likely N-dealkylation sites (tertiary alicyclic amines) is 2. The Labute approximate surface area is 511 Å². The number of hydrogen-bond acceptors (Lipinski definition) is 12. The summed E-state index contributed by atoms with van der Waals surface area (Å²) in [7, 11) is 3.41. The maximum atomic E-state index is 15.0. The van der Waals surface area contributed by atoms with Gasteiger partial charge in [-0.25, -0.2) is 9.97 Å². The third-order valence-corrected chi connectivity index (χ3v) is 19.4. The molecule has 2 aromatic heterocycles. The van der Waals surface area contributed by atoms with Crippen molar-refractivity contribution in [2.24, 2.45) is 11.8 Å². The van der Waals surface area contributed by atoms with E-state index in [1.54, 1.807) is 38.4 Å². The molecule has 7 aromatic rings. The van der Waals surface area contributed by atoms with Crippen molar-refractivity contribution in [2.45, 2.75) is 113 Å². The molecular formula is C68H76N10O6S2. The molecule has 86 heavy (non-hydrogen) atoms. The number of nitrogens with one attached hydrogen (secondary N) is 6. The smallest absolute Gasteiger partial charge is 0.251 e. The maximum absolute atomic E-state index is 15.0. The van der Waals surface area contributed by atoms with Crippen molar-refractivity contribution in [1.82, 2.24) is 51.7 Å². The van der Waals surface area contributed by atoms with E-state index < -0.39 is 36.3 Å². The zero-order valence-corrected chi connectivity index (χ0v) is 50.5. The summed E-state index contributed by atoms with van der Waals surface area (Å²) >= 11 is 2.97. The lowest BCUT2D eigenvalue weighted by atomic mass is 9.83. The number of nitrogens with zero attached hydrogens (tertiary/aromatic N) is 4. The Kier molecular flexibility index (Phi) is 19.5. The van der Waals surface area contributed by atoms with Gasteiger partial charge in [-0.3, -0.25) is 28.8 Å². The van der Waals surface area contributed by atoms with Crippen molar-refractivity contribution < 1.29 is 28.8 Å². The molecule has 0 bridgehead atoms. The van der Waals surface area contributed by atoms with Crippen LogP contribution in [0.4, 0.5) is 0 Å². The first-order valence-corrected chi connectivity index (χ1v) is 32.2. The third kappa shape index (κ3) is 14.2. The second-order valence-electron chi connectivity index (χ2n) is 23.4. The molecule has 2 aliphatic carbocycles. The normalized spacial score (nSPS) is 19.8. The number of thiazole rings is 2.